The summed E-state index contributed by atoms with van der Waals surface area (Å²) in [7, 11) is 0. The van der Waals surface area contributed by atoms with E-state index in [0.29, 0.717) is 13.2 Å². The fourth-order valence-electron chi connectivity index (χ4n) is 4.95. The Morgan fingerprint density at radius 1 is 1.14 bits per heavy atom. The smallest absolute Gasteiger partial charge is 0.106 e. The maximum atomic E-state index is 7.24. The zero-order valence-corrected chi connectivity index (χ0v) is 22.0. The summed E-state index contributed by atoms with van der Waals surface area (Å²) >= 11 is 0. The number of nitrogens with zero attached hydrogens (tertiary/aromatic N) is 1. The third-order valence-corrected chi connectivity index (χ3v) is 6.74. The maximum absolute atomic E-state index is 7.24. The number of hydrogen-bond donors (Lipinski definition) is 2. The van der Waals surface area contributed by atoms with Crippen molar-refractivity contribution < 1.29 is 4.74 Å². The largest absolute Gasteiger partial charge is 0.381 e. The quantitative estimate of drug-likeness (QED) is 0.185. The van der Waals surface area contributed by atoms with Crippen molar-refractivity contribution in [3.8, 4) is 11.1 Å². The molecule has 4 heteroatoms. The van der Waals surface area contributed by atoms with Crippen LogP contribution in [0.25, 0.3) is 22.9 Å². The summed E-state index contributed by atoms with van der Waals surface area (Å²) in [5.41, 5.74) is 12.6. The lowest BCUT2D eigenvalue weighted by Gasteiger charge is -2.23. The van der Waals surface area contributed by atoms with Crippen LogP contribution >= 0.6 is 0 Å². The van der Waals surface area contributed by atoms with E-state index in [9.17, 15) is 0 Å². The Balaban J connectivity index is 1.73. The summed E-state index contributed by atoms with van der Waals surface area (Å²) in [5.74, 6) is 0. The standard InChI is InChI=1S/C33H35N3O/c1-5-26(19-35-22-34)24(3)18-28-12-9-13-32(27-10-7-6-8-11-27)33(28)25(4)36-20-29-16-23(2)17-30-21-37-15-14-31(29)30/h5-13,16-19,22,34,36H,4,14-15,20-21H2,1-3H3/b24-18+,26-5+,34-22?,35-19?. The van der Waals surface area contributed by atoms with Gasteiger partial charge in [0, 0.05) is 24.0 Å². The van der Waals surface area contributed by atoms with Crippen LogP contribution in [0.2, 0.25) is 0 Å². The van der Waals surface area contributed by atoms with E-state index >= 15 is 0 Å². The number of benzene rings is 3. The van der Waals surface area contributed by atoms with Crippen LogP contribution in [-0.2, 0) is 24.3 Å². The normalized spacial score (nSPS) is 13.9. The molecule has 0 unspecified atom stereocenters. The van der Waals surface area contributed by atoms with Gasteiger partial charge in [-0.05, 0) is 71.7 Å². The maximum Gasteiger partial charge on any atom is 0.106 e. The summed E-state index contributed by atoms with van der Waals surface area (Å²) in [5, 5.41) is 10.9. The van der Waals surface area contributed by atoms with Crippen LogP contribution < -0.4 is 5.32 Å². The number of fused-ring (bicyclic) bond motifs is 1. The zero-order valence-electron chi connectivity index (χ0n) is 22.0. The Morgan fingerprint density at radius 3 is 2.70 bits per heavy atom. The minimum absolute atomic E-state index is 0.685. The number of ether oxygens (including phenoxy) is 1. The first-order valence-electron chi connectivity index (χ1n) is 12.7. The molecule has 1 heterocycles. The first-order valence-corrected chi connectivity index (χ1v) is 12.7. The summed E-state index contributed by atoms with van der Waals surface area (Å²) in [6, 6.07) is 21.3. The lowest BCUT2D eigenvalue weighted by Crippen LogP contribution is -2.18. The van der Waals surface area contributed by atoms with Crippen molar-refractivity contribution in [3.05, 3.63) is 118 Å². The molecule has 2 N–H and O–H groups in total. The van der Waals surface area contributed by atoms with E-state index in [4.69, 9.17) is 10.1 Å². The van der Waals surface area contributed by atoms with Gasteiger partial charge in [0.05, 0.1) is 13.2 Å². The molecule has 37 heavy (non-hydrogen) atoms. The van der Waals surface area contributed by atoms with Crippen molar-refractivity contribution in [1.82, 2.24) is 5.32 Å². The van der Waals surface area contributed by atoms with Gasteiger partial charge in [0.2, 0.25) is 0 Å². The molecule has 1 aliphatic rings. The lowest BCUT2D eigenvalue weighted by molar-refractivity contribution is 0.110. The molecule has 1 aliphatic heterocycles. The van der Waals surface area contributed by atoms with Crippen LogP contribution in [0, 0.1) is 12.3 Å². The number of nitrogens with one attached hydrogen (secondary N) is 2. The molecular formula is C33H35N3O. The SMILES string of the molecule is C=C(NCc1cc(C)cc2c1CCOC2)c1c(/C=C(C)/C(C=NC=N)=C/C)cccc1-c1ccccc1. The van der Waals surface area contributed by atoms with E-state index in [1.54, 1.807) is 6.21 Å². The molecule has 0 aromatic heterocycles. The van der Waals surface area contributed by atoms with Crippen LogP contribution in [-0.4, -0.2) is 19.2 Å². The Hall–Kier alpha value is -4.02. The van der Waals surface area contributed by atoms with Gasteiger partial charge in [-0.3, -0.25) is 5.41 Å². The number of aryl methyl sites for hydroxylation is 1. The number of allylic oxidation sites excluding steroid dienone is 3. The van der Waals surface area contributed by atoms with E-state index < -0.39 is 0 Å². The Kier molecular flexibility index (Phi) is 8.65. The van der Waals surface area contributed by atoms with Gasteiger partial charge in [-0.25, -0.2) is 4.99 Å². The molecule has 3 aromatic rings. The molecule has 0 amide bonds. The average molecular weight is 490 g/mol. The van der Waals surface area contributed by atoms with Crippen molar-refractivity contribution in [2.45, 2.75) is 40.3 Å². The van der Waals surface area contributed by atoms with Crippen molar-refractivity contribution >= 4 is 24.3 Å². The van der Waals surface area contributed by atoms with Crippen LogP contribution in [0.3, 0.4) is 0 Å². The molecule has 188 valence electrons. The van der Waals surface area contributed by atoms with Crippen molar-refractivity contribution in [2.24, 2.45) is 4.99 Å². The van der Waals surface area contributed by atoms with Crippen molar-refractivity contribution in [2.75, 3.05) is 6.61 Å². The highest BCUT2D eigenvalue weighted by Gasteiger charge is 2.16. The molecule has 0 radical (unpaired) electrons. The average Bonchev–Trinajstić information content (AvgIpc) is 2.92. The van der Waals surface area contributed by atoms with Gasteiger partial charge < -0.3 is 10.1 Å². The monoisotopic (exact) mass is 489 g/mol. The van der Waals surface area contributed by atoms with Crippen LogP contribution in [0.4, 0.5) is 0 Å². The highest BCUT2D eigenvalue weighted by Crippen LogP contribution is 2.32. The highest BCUT2D eigenvalue weighted by molar-refractivity contribution is 5.92. The van der Waals surface area contributed by atoms with Crippen LogP contribution in [0.5, 0.6) is 0 Å². The molecule has 0 saturated heterocycles. The van der Waals surface area contributed by atoms with E-state index in [2.05, 4.69) is 91.4 Å². The van der Waals surface area contributed by atoms with Crippen LogP contribution in [0.15, 0.2) is 89.5 Å². The Bertz CT molecular complexity index is 1380. The lowest BCUT2D eigenvalue weighted by atomic mass is 9.91. The predicted molar refractivity (Wildman–Crippen MR) is 157 cm³/mol. The molecule has 0 spiro atoms. The summed E-state index contributed by atoms with van der Waals surface area (Å²) < 4.78 is 5.70. The third kappa shape index (κ3) is 6.22. The Morgan fingerprint density at radius 2 is 1.95 bits per heavy atom. The van der Waals surface area contributed by atoms with E-state index in [1.165, 1.54) is 22.3 Å². The number of rotatable bonds is 9. The summed E-state index contributed by atoms with van der Waals surface area (Å²) in [6.45, 7) is 12.9. The highest BCUT2D eigenvalue weighted by atomic mass is 16.5. The van der Waals surface area contributed by atoms with Gasteiger partial charge in [0.15, 0.2) is 0 Å². The van der Waals surface area contributed by atoms with Gasteiger partial charge >= 0.3 is 0 Å². The van der Waals surface area contributed by atoms with E-state index in [1.807, 2.05) is 19.1 Å². The van der Waals surface area contributed by atoms with E-state index in [-0.39, 0.29) is 0 Å². The molecule has 4 rings (SSSR count). The fraction of sp³-hybridized carbons (Fsp3) is 0.212. The van der Waals surface area contributed by atoms with Gasteiger partial charge in [-0.2, -0.15) is 0 Å². The second kappa shape index (κ2) is 12.3. The summed E-state index contributed by atoms with van der Waals surface area (Å²) in [6.07, 6.45) is 7.90. The first-order chi connectivity index (χ1) is 18.0. The molecule has 0 aliphatic carbocycles. The fourth-order valence-corrected chi connectivity index (χ4v) is 4.95. The molecule has 0 atom stereocenters. The third-order valence-electron chi connectivity index (χ3n) is 6.74. The second-order valence-electron chi connectivity index (χ2n) is 9.31. The first kappa shape index (κ1) is 26.1. The molecule has 4 nitrogen and oxygen atoms in total. The summed E-state index contributed by atoms with van der Waals surface area (Å²) in [4.78, 5) is 4.00. The minimum Gasteiger partial charge on any atom is -0.381 e. The Labute approximate surface area is 220 Å². The van der Waals surface area contributed by atoms with Crippen LogP contribution in [0.1, 0.15) is 47.2 Å². The van der Waals surface area contributed by atoms with Crippen molar-refractivity contribution in [1.29, 1.82) is 5.41 Å². The zero-order chi connectivity index (χ0) is 26.2. The molecule has 0 fully saturated rings. The van der Waals surface area contributed by atoms with Gasteiger partial charge in [-0.15, -0.1) is 0 Å². The van der Waals surface area contributed by atoms with Crippen molar-refractivity contribution in [3.63, 3.8) is 0 Å². The van der Waals surface area contributed by atoms with E-state index in [0.717, 1.165) is 58.5 Å². The number of aliphatic imine (C=N–C) groups is 1. The number of hydrogen-bond acceptors (Lipinski definition) is 3. The molecule has 0 saturated carbocycles. The predicted octanol–water partition coefficient (Wildman–Crippen LogP) is 7.52. The van der Waals surface area contributed by atoms with Gasteiger partial charge in [0.25, 0.3) is 0 Å². The molecular weight excluding hydrogens is 454 g/mol. The second-order valence-corrected chi connectivity index (χ2v) is 9.31. The molecule has 0 bridgehead atoms. The minimum atomic E-state index is 0.685. The molecule has 3 aromatic carbocycles. The van der Waals surface area contributed by atoms with Gasteiger partial charge in [-0.1, -0.05) is 85.0 Å². The topological polar surface area (TPSA) is 57.5 Å². The van der Waals surface area contributed by atoms with Gasteiger partial charge in [0.1, 0.15) is 6.34 Å².